The fourth-order valence-electron chi connectivity index (χ4n) is 2.34. The van der Waals surface area contributed by atoms with Gasteiger partial charge in [-0.3, -0.25) is 0 Å². The summed E-state index contributed by atoms with van der Waals surface area (Å²) in [7, 11) is 0. The summed E-state index contributed by atoms with van der Waals surface area (Å²) in [6.45, 7) is 3.52. The lowest BCUT2D eigenvalue weighted by Gasteiger charge is -2.27. The number of nitrogens with one attached hydrogen (secondary N) is 1. The minimum Gasteiger partial charge on any atom is -0.309 e. The molecule has 1 unspecified atom stereocenters. The summed E-state index contributed by atoms with van der Waals surface area (Å²) < 4.78 is 0. The number of thioether (sulfide) groups is 1. The van der Waals surface area contributed by atoms with Gasteiger partial charge in [-0.15, -0.1) is 11.8 Å². The van der Waals surface area contributed by atoms with Gasteiger partial charge in [0.15, 0.2) is 0 Å². The van der Waals surface area contributed by atoms with Gasteiger partial charge < -0.3 is 5.32 Å². The summed E-state index contributed by atoms with van der Waals surface area (Å²) in [5.41, 5.74) is 1.97. The molecule has 0 spiro atoms. The van der Waals surface area contributed by atoms with Gasteiger partial charge in [-0.25, -0.2) is 0 Å². The molecule has 1 saturated carbocycles. The van der Waals surface area contributed by atoms with Gasteiger partial charge in [0.1, 0.15) is 0 Å². The maximum Gasteiger partial charge on any atom is 0.0410 e. The summed E-state index contributed by atoms with van der Waals surface area (Å²) in [6.07, 6.45) is 3.97. The Kier molecular flexibility index (Phi) is 3.14. The van der Waals surface area contributed by atoms with Gasteiger partial charge >= 0.3 is 0 Å². The van der Waals surface area contributed by atoms with Crippen molar-refractivity contribution in [1.29, 1.82) is 0 Å². The van der Waals surface area contributed by atoms with Gasteiger partial charge in [0.2, 0.25) is 0 Å². The molecule has 1 heterocycles. The molecule has 1 aliphatic carbocycles. The summed E-state index contributed by atoms with van der Waals surface area (Å²) in [5, 5.41) is 4.59. The molecule has 3 heteroatoms. The van der Waals surface area contributed by atoms with Crippen LogP contribution in [-0.2, 0) is 0 Å². The maximum absolute atomic E-state index is 6.11. The summed E-state index contributed by atoms with van der Waals surface area (Å²) >= 11 is 8.06. The van der Waals surface area contributed by atoms with Gasteiger partial charge in [-0.1, -0.05) is 18.5 Å². The van der Waals surface area contributed by atoms with Gasteiger partial charge in [0, 0.05) is 22.5 Å². The first-order valence-electron chi connectivity index (χ1n) is 6.32. The topological polar surface area (TPSA) is 12.0 Å². The monoisotopic (exact) mass is 267 g/mol. The molecule has 3 rings (SSSR count). The number of benzene rings is 1. The molecule has 0 saturated heterocycles. The zero-order valence-electron chi connectivity index (χ0n) is 10.1. The van der Waals surface area contributed by atoms with E-state index in [1.54, 1.807) is 0 Å². The molecular formula is C14H18ClNS. The van der Waals surface area contributed by atoms with Crippen molar-refractivity contribution in [3.05, 3.63) is 28.8 Å². The normalized spacial score (nSPS) is 25.4. The lowest BCUT2D eigenvalue weighted by Crippen LogP contribution is -2.29. The third kappa shape index (κ3) is 2.64. The van der Waals surface area contributed by atoms with Crippen LogP contribution in [0.25, 0.3) is 0 Å². The second-order valence-electron chi connectivity index (χ2n) is 5.56. The molecule has 2 aliphatic rings. The fourth-order valence-corrected chi connectivity index (χ4v) is 3.62. The number of rotatable bonds is 3. The van der Waals surface area contributed by atoms with Crippen LogP contribution in [0.2, 0.25) is 5.02 Å². The Morgan fingerprint density at radius 3 is 3.06 bits per heavy atom. The molecule has 1 aliphatic heterocycles. The Balaban J connectivity index is 1.76. The van der Waals surface area contributed by atoms with Gasteiger partial charge in [-0.05, 0) is 54.2 Å². The zero-order valence-corrected chi connectivity index (χ0v) is 11.7. The molecule has 17 heavy (non-hydrogen) atoms. The van der Waals surface area contributed by atoms with E-state index in [1.165, 1.54) is 35.5 Å². The lowest BCUT2D eigenvalue weighted by atomic mass is 10.0. The van der Waals surface area contributed by atoms with E-state index < -0.39 is 0 Å². The lowest BCUT2D eigenvalue weighted by molar-refractivity contribution is 0.429. The number of halogens is 1. The summed E-state index contributed by atoms with van der Waals surface area (Å²) in [6, 6.07) is 6.80. The van der Waals surface area contributed by atoms with Crippen molar-refractivity contribution in [2.45, 2.75) is 37.1 Å². The van der Waals surface area contributed by atoms with Crippen LogP contribution in [0, 0.1) is 5.41 Å². The van der Waals surface area contributed by atoms with Crippen molar-refractivity contribution >= 4 is 23.4 Å². The molecular weight excluding hydrogens is 250 g/mol. The fraction of sp³-hybridized carbons (Fsp3) is 0.571. The highest BCUT2D eigenvalue weighted by molar-refractivity contribution is 7.99. The first-order valence-corrected chi connectivity index (χ1v) is 7.68. The molecule has 1 aromatic rings. The molecule has 1 fully saturated rings. The third-order valence-electron chi connectivity index (χ3n) is 3.89. The first-order chi connectivity index (χ1) is 8.16. The van der Waals surface area contributed by atoms with E-state index in [-0.39, 0.29) is 0 Å². The molecule has 1 N–H and O–H groups in total. The van der Waals surface area contributed by atoms with Crippen molar-refractivity contribution in [2.24, 2.45) is 5.41 Å². The van der Waals surface area contributed by atoms with Crippen LogP contribution in [0.15, 0.2) is 23.1 Å². The van der Waals surface area contributed by atoms with Crippen LogP contribution < -0.4 is 5.32 Å². The van der Waals surface area contributed by atoms with E-state index in [2.05, 4.69) is 24.4 Å². The molecule has 92 valence electrons. The van der Waals surface area contributed by atoms with Crippen LogP contribution in [0.1, 0.15) is 37.8 Å². The second-order valence-corrected chi connectivity index (χ2v) is 7.14. The molecule has 0 bridgehead atoms. The Morgan fingerprint density at radius 1 is 1.47 bits per heavy atom. The first kappa shape index (κ1) is 11.9. The molecule has 1 aromatic carbocycles. The Morgan fingerprint density at radius 2 is 2.29 bits per heavy atom. The minimum atomic E-state index is 0.502. The van der Waals surface area contributed by atoms with Crippen LogP contribution >= 0.6 is 23.4 Å². The van der Waals surface area contributed by atoms with Crippen LogP contribution in [0.4, 0.5) is 0 Å². The average Bonchev–Trinajstić information content (AvgIpc) is 3.05. The standard InChI is InChI=1S/C14H18ClNS/c1-14(5-6-14)9-16-12-4-7-17-13-3-2-10(15)8-11(12)13/h2-3,8,12,16H,4-7,9H2,1H3. The highest BCUT2D eigenvalue weighted by Crippen LogP contribution is 2.45. The van der Waals surface area contributed by atoms with E-state index >= 15 is 0 Å². The van der Waals surface area contributed by atoms with E-state index in [0.717, 1.165) is 11.6 Å². The smallest absolute Gasteiger partial charge is 0.0410 e. The molecule has 0 amide bonds. The highest BCUT2D eigenvalue weighted by atomic mass is 35.5. The van der Waals surface area contributed by atoms with Gasteiger partial charge in [-0.2, -0.15) is 0 Å². The van der Waals surface area contributed by atoms with Gasteiger partial charge in [0.05, 0.1) is 0 Å². The number of hydrogen-bond acceptors (Lipinski definition) is 2. The minimum absolute atomic E-state index is 0.502. The SMILES string of the molecule is CC1(CNC2CCSc3ccc(Cl)cc32)CC1. The van der Waals surface area contributed by atoms with Gasteiger partial charge in [0.25, 0.3) is 0 Å². The Bertz CT molecular complexity index is 428. The largest absolute Gasteiger partial charge is 0.309 e. The van der Waals surface area contributed by atoms with E-state index in [4.69, 9.17) is 11.6 Å². The Labute approximate surface area is 112 Å². The number of hydrogen-bond donors (Lipinski definition) is 1. The van der Waals surface area contributed by atoms with Crippen molar-refractivity contribution < 1.29 is 0 Å². The molecule has 0 radical (unpaired) electrons. The van der Waals surface area contributed by atoms with Crippen molar-refractivity contribution in [2.75, 3.05) is 12.3 Å². The molecule has 0 aromatic heterocycles. The number of fused-ring (bicyclic) bond motifs is 1. The summed E-state index contributed by atoms with van der Waals surface area (Å²) in [4.78, 5) is 1.40. The van der Waals surface area contributed by atoms with Crippen molar-refractivity contribution in [3.63, 3.8) is 0 Å². The maximum atomic E-state index is 6.11. The van der Waals surface area contributed by atoms with Crippen molar-refractivity contribution in [1.82, 2.24) is 5.32 Å². The van der Waals surface area contributed by atoms with E-state index in [9.17, 15) is 0 Å². The summed E-state index contributed by atoms with van der Waals surface area (Å²) in [5.74, 6) is 1.21. The van der Waals surface area contributed by atoms with E-state index in [0.29, 0.717) is 11.5 Å². The second kappa shape index (κ2) is 4.49. The van der Waals surface area contributed by atoms with E-state index in [1.807, 2.05) is 17.8 Å². The molecule has 1 nitrogen and oxygen atoms in total. The molecule has 1 atom stereocenters. The quantitative estimate of drug-likeness (QED) is 0.878. The zero-order chi connectivity index (χ0) is 11.9. The van der Waals surface area contributed by atoms with Crippen LogP contribution in [0.5, 0.6) is 0 Å². The third-order valence-corrected chi connectivity index (χ3v) is 5.25. The van der Waals surface area contributed by atoms with Crippen LogP contribution in [0.3, 0.4) is 0 Å². The Hall–Kier alpha value is -0.180. The average molecular weight is 268 g/mol. The van der Waals surface area contributed by atoms with Crippen molar-refractivity contribution in [3.8, 4) is 0 Å². The highest BCUT2D eigenvalue weighted by Gasteiger charge is 2.37. The van der Waals surface area contributed by atoms with Crippen LogP contribution in [-0.4, -0.2) is 12.3 Å². The predicted octanol–water partition coefficient (Wildman–Crippen LogP) is 4.27. The predicted molar refractivity (Wildman–Crippen MR) is 74.9 cm³/mol.